The number of rotatable bonds is 3. The van der Waals surface area contributed by atoms with Crippen LogP contribution in [0.4, 0.5) is 0 Å². The van der Waals surface area contributed by atoms with E-state index in [1.54, 1.807) is 0 Å². The molecular formula is C14H16N2O. The van der Waals surface area contributed by atoms with Crippen molar-refractivity contribution in [2.24, 2.45) is 0 Å². The molecule has 88 valence electrons. The SMILES string of the molecule is C=CCN1C=CCN(C(=O)c2ccccc2)C1. The number of benzene rings is 1. The molecule has 1 aliphatic rings. The van der Waals surface area contributed by atoms with Crippen molar-refractivity contribution < 1.29 is 4.79 Å². The Balaban J connectivity index is 2.06. The predicted molar refractivity (Wildman–Crippen MR) is 68.4 cm³/mol. The zero-order valence-corrected chi connectivity index (χ0v) is 9.75. The van der Waals surface area contributed by atoms with Crippen LogP contribution >= 0.6 is 0 Å². The summed E-state index contributed by atoms with van der Waals surface area (Å²) >= 11 is 0. The van der Waals surface area contributed by atoms with Crippen LogP contribution in [0.5, 0.6) is 0 Å². The van der Waals surface area contributed by atoms with Gasteiger partial charge < -0.3 is 9.80 Å². The van der Waals surface area contributed by atoms with Gasteiger partial charge in [0.25, 0.3) is 5.91 Å². The van der Waals surface area contributed by atoms with Crippen LogP contribution in [0.3, 0.4) is 0 Å². The van der Waals surface area contributed by atoms with Gasteiger partial charge in [-0.15, -0.1) is 6.58 Å². The molecule has 1 aromatic carbocycles. The molecule has 3 nitrogen and oxygen atoms in total. The fourth-order valence-corrected chi connectivity index (χ4v) is 1.84. The Kier molecular flexibility index (Phi) is 3.60. The van der Waals surface area contributed by atoms with Crippen molar-refractivity contribution in [3.63, 3.8) is 0 Å². The summed E-state index contributed by atoms with van der Waals surface area (Å²) in [6.45, 7) is 5.75. The molecule has 0 saturated carbocycles. The third-order valence-corrected chi connectivity index (χ3v) is 2.67. The summed E-state index contributed by atoms with van der Waals surface area (Å²) in [7, 11) is 0. The Morgan fingerprint density at radius 1 is 1.35 bits per heavy atom. The van der Waals surface area contributed by atoms with Crippen LogP contribution in [0.15, 0.2) is 55.3 Å². The molecule has 1 amide bonds. The number of hydrogen-bond acceptors (Lipinski definition) is 2. The van der Waals surface area contributed by atoms with Crippen LogP contribution in [0.1, 0.15) is 10.4 Å². The summed E-state index contributed by atoms with van der Waals surface area (Å²) in [5.41, 5.74) is 0.737. The summed E-state index contributed by atoms with van der Waals surface area (Å²) in [5, 5.41) is 0. The fourth-order valence-electron chi connectivity index (χ4n) is 1.84. The molecule has 2 rings (SSSR count). The van der Waals surface area contributed by atoms with Gasteiger partial charge in [-0.25, -0.2) is 0 Å². The van der Waals surface area contributed by atoms with E-state index >= 15 is 0 Å². The molecule has 0 aromatic heterocycles. The van der Waals surface area contributed by atoms with Crippen LogP contribution in [-0.2, 0) is 0 Å². The van der Waals surface area contributed by atoms with Crippen LogP contribution in [0, 0.1) is 0 Å². The highest BCUT2D eigenvalue weighted by Gasteiger charge is 2.18. The summed E-state index contributed by atoms with van der Waals surface area (Å²) in [6, 6.07) is 9.37. The Morgan fingerprint density at radius 2 is 2.12 bits per heavy atom. The van der Waals surface area contributed by atoms with Gasteiger partial charge in [0.15, 0.2) is 0 Å². The highest BCUT2D eigenvalue weighted by Crippen LogP contribution is 2.09. The first-order chi connectivity index (χ1) is 8.31. The molecule has 0 radical (unpaired) electrons. The molecule has 0 atom stereocenters. The van der Waals surface area contributed by atoms with Gasteiger partial charge in [0, 0.05) is 18.7 Å². The Hall–Kier alpha value is -2.03. The van der Waals surface area contributed by atoms with Crippen LogP contribution in [0.25, 0.3) is 0 Å². The van der Waals surface area contributed by atoms with E-state index in [2.05, 4.69) is 11.5 Å². The summed E-state index contributed by atoms with van der Waals surface area (Å²) in [6.07, 6.45) is 5.84. The van der Waals surface area contributed by atoms with E-state index in [-0.39, 0.29) is 5.91 Å². The van der Waals surface area contributed by atoms with Crippen LogP contribution in [-0.4, -0.2) is 35.5 Å². The molecule has 3 heteroatoms. The van der Waals surface area contributed by atoms with E-state index in [1.807, 2.05) is 53.6 Å². The number of nitrogens with zero attached hydrogens (tertiary/aromatic N) is 2. The second-order valence-electron chi connectivity index (χ2n) is 3.98. The van der Waals surface area contributed by atoms with Gasteiger partial charge in [0.2, 0.25) is 0 Å². The van der Waals surface area contributed by atoms with Gasteiger partial charge in [0.05, 0.1) is 6.67 Å². The molecule has 0 N–H and O–H groups in total. The highest BCUT2D eigenvalue weighted by atomic mass is 16.2. The zero-order valence-electron chi connectivity index (χ0n) is 9.75. The number of carbonyl (C=O) groups is 1. The predicted octanol–water partition coefficient (Wildman–Crippen LogP) is 2.10. The smallest absolute Gasteiger partial charge is 0.255 e. The van der Waals surface area contributed by atoms with Crippen molar-refractivity contribution in [2.45, 2.75) is 0 Å². The average Bonchev–Trinajstić information content (AvgIpc) is 2.40. The number of hydrogen-bond donors (Lipinski definition) is 0. The summed E-state index contributed by atoms with van der Waals surface area (Å²) in [5.74, 6) is 0.0732. The molecule has 1 aromatic rings. The standard InChI is InChI=1S/C14H16N2O/c1-2-9-15-10-6-11-16(12-15)14(17)13-7-4-3-5-8-13/h2-8,10H,1,9,11-12H2. The maximum atomic E-state index is 12.2. The number of amides is 1. The van der Waals surface area contributed by atoms with E-state index in [0.717, 1.165) is 12.1 Å². The molecule has 0 saturated heterocycles. The summed E-state index contributed by atoms with van der Waals surface area (Å²) in [4.78, 5) is 16.1. The third-order valence-electron chi connectivity index (χ3n) is 2.67. The van der Waals surface area contributed by atoms with Gasteiger partial charge >= 0.3 is 0 Å². The maximum Gasteiger partial charge on any atom is 0.255 e. The first kappa shape index (κ1) is 11.5. The van der Waals surface area contributed by atoms with Gasteiger partial charge in [-0.05, 0) is 24.4 Å². The molecule has 0 bridgehead atoms. The lowest BCUT2D eigenvalue weighted by molar-refractivity contribution is 0.0685. The van der Waals surface area contributed by atoms with Gasteiger partial charge in [-0.3, -0.25) is 4.79 Å². The number of carbonyl (C=O) groups excluding carboxylic acids is 1. The lowest BCUT2D eigenvalue weighted by Gasteiger charge is -2.32. The Morgan fingerprint density at radius 3 is 2.82 bits per heavy atom. The third kappa shape index (κ3) is 2.75. The van der Waals surface area contributed by atoms with Crippen molar-refractivity contribution >= 4 is 5.91 Å². The molecule has 0 aliphatic carbocycles. The van der Waals surface area contributed by atoms with Crippen molar-refractivity contribution in [1.82, 2.24) is 9.80 Å². The summed E-state index contributed by atoms with van der Waals surface area (Å²) < 4.78 is 0. The molecule has 0 spiro atoms. The topological polar surface area (TPSA) is 23.6 Å². The quantitative estimate of drug-likeness (QED) is 0.740. The Bertz CT molecular complexity index is 425. The molecule has 1 aliphatic heterocycles. The molecule has 0 fully saturated rings. The normalized spacial score (nSPS) is 14.8. The largest absolute Gasteiger partial charge is 0.356 e. The lowest BCUT2D eigenvalue weighted by Crippen LogP contribution is -2.42. The zero-order chi connectivity index (χ0) is 12.1. The molecule has 1 heterocycles. The van der Waals surface area contributed by atoms with Crippen molar-refractivity contribution in [1.29, 1.82) is 0 Å². The molecular weight excluding hydrogens is 212 g/mol. The van der Waals surface area contributed by atoms with E-state index in [4.69, 9.17) is 0 Å². The van der Waals surface area contributed by atoms with Gasteiger partial charge in [0.1, 0.15) is 0 Å². The molecule has 0 unspecified atom stereocenters. The second kappa shape index (κ2) is 5.34. The minimum atomic E-state index is 0.0732. The van der Waals surface area contributed by atoms with Gasteiger partial charge in [-0.1, -0.05) is 24.3 Å². The van der Waals surface area contributed by atoms with E-state index < -0.39 is 0 Å². The fraction of sp³-hybridized carbons (Fsp3) is 0.214. The van der Waals surface area contributed by atoms with Crippen molar-refractivity contribution in [3.8, 4) is 0 Å². The minimum Gasteiger partial charge on any atom is -0.356 e. The van der Waals surface area contributed by atoms with Crippen LogP contribution < -0.4 is 0 Å². The van der Waals surface area contributed by atoms with Crippen molar-refractivity contribution in [2.75, 3.05) is 19.8 Å². The first-order valence-corrected chi connectivity index (χ1v) is 5.67. The monoisotopic (exact) mass is 228 g/mol. The maximum absolute atomic E-state index is 12.2. The van der Waals surface area contributed by atoms with Crippen LogP contribution in [0.2, 0.25) is 0 Å². The first-order valence-electron chi connectivity index (χ1n) is 5.67. The minimum absolute atomic E-state index is 0.0732. The van der Waals surface area contributed by atoms with E-state index in [9.17, 15) is 4.79 Å². The molecule has 17 heavy (non-hydrogen) atoms. The van der Waals surface area contributed by atoms with E-state index in [1.165, 1.54) is 0 Å². The highest BCUT2D eigenvalue weighted by molar-refractivity contribution is 5.94. The second-order valence-corrected chi connectivity index (χ2v) is 3.98. The lowest BCUT2D eigenvalue weighted by atomic mass is 10.2. The average molecular weight is 228 g/mol. The Labute approximate surface area is 102 Å². The van der Waals surface area contributed by atoms with Gasteiger partial charge in [-0.2, -0.15) is 0 Å². The van der Waals surface area contributed by atoms with E-state index in [0.29, 0.717) is 13.2 Å². The van der Waals surface area contributed by atoms with Crippen molar-refractivity contribution in [3.05, 3.63) is 60.8 Å².